The van der Waals surface area contributed by atoms with E-state index in [1.165, 1.54) is 12.1 Å². The van der Waals surface area contributed by atoms with Crippen molar-refractivity contribution in [3.63, 3.8) is 0 Å². The third-order valence-electron chi connectivity index (χ3n) is 7.18. The Morgan fingerprint density at radius 1 is 1.25 bits per heavy atom. The number of likely N-dealkylation sites (tertiary alicyclic amines) is 1. The van der Waals surface area contributed by atoms with Gasteiger partial charge < -0.3 is 20.4 Å². The van der Waals surface area contributed by atoms with Crippen molar-refractivity contribution < 1.29 is 19.4 Å². The van der Waals surface area contributed by atoms with Gasteiger partial charge in [-0.25, -0.2) is 9.18 Å². The molecule has 4 aromatic rings. The third-order valence-corrected chi connectivity index (χ3v) is 7.18. The standard InChI is InChI=1S/C26H28FN5O4/c1-15-8-16(9-19-13-28-30-24(15)19)10-23(26(34)35)32(36)14-31-6-4-17(5-7-31)21-11-18-2-3-20(27)12-22(18)29-25(21)33/h2-3,8-9,11-13,17,23,32H,4-7,10,14H2,1H3,(H,28,30)(H,29,33)(H,34,35)/t23-/m1/s1. The number of hydrogen-bond acceptors (Lipinski definition) is 5. The lowest BCUT2D eigenvalue weighted by molar-refractivity contribution is -0.877. The molecule has 0 amide bonds. The predicted octanol–water partition coefficient (Wildman–Crippen LogP) is 2.07. The number of carboxylic acids is 1. The van der Waals surface area contributed by atoms with Crippen molar-refractivity contribution in [1.29, 1.82) is 0 Å². The summed E-state index contributed by atoms with van der Waals surface area (Å²) in [5.41, 5.74) is 3.54. The van der Waals surface area contributed by atoms with Crippen LogP contribution in [0.3, 0.4) is 0 Å². The SMILES string of the molecule is Cc1cc(C[C@H](C(=O)O)[NH+]([O-])CN2CCC(c3cc4ccc(F)cc4[nH]c3=O)CC2)cc2cn[nH]c12. The van der Waals surface area contributed by atoms with Gasteiger partial charge in [0, 0.05) is 30.5 Å². The number of aryl methyl sites for hydroxylation is 1. The molecule has 3 heterocycles. The number of aromatic amines is 2. The lowest BCUT2D eigenvalue weighted by Crippen LogP contribution is -3.14. The van der Waals surface area contributed by atoms with Crippen LogP contribution in [0.2, 0.25) is 0 Å². The highest BCUT2D eigenvalue weighted by molar-refractivity contribution is 5.82. The second-order valence-electron chi connectivity index (χ2n) is 9.64. The molecule has 5 rings (SSSR count). The molecule has 2 atom stereocenters. The van der Waals surface area contributed by atoms with Crippen LogP contribution in [0.4, 0.5) is 4.39 Å². The minimum atomic E-state index is -1.13. The van der Waals surface area contributed by atoms with Crippen LogP contribution >= 0.6 is 0 Å². The minimum Gasteiger partial charge on any atom is -0.633 e. The molecule has 36 heavy (non-hydrogen) atoms. The van der Waals surface area contributed by atoms with Crippen LogP contribution in [0.25, 0.3) is 21.8 Å². The second kappa shape index (κ2) is 9.81. The average Bonchev–Trinajstić information content (AvgIpc) is 3.32. The number of pyridine rings is 1. The largest absolute Gasteiger partial charge is 0.633 e. The van der Waals surface area contributed by atoms with Gasteiger partial charge in [-0.05, 0) is 72.5 Å². The van der Waals surface area contributed by atoms with E-state index in [1.807, 2.05) is 30.0 Å². The number of piperidine rings is 1. The lowest BCUT2D eigenvalue weighted by Gasteiger charge is -2.37. The van der Waals surface area contributed by atoms with Gasteiger partial charge in [-0.3, -0.25) is 14.8 Å². The van der Waals surface area contributed by atoms with Gasteiger partial charge >= 0.3 is 5.97 Å². The van der Waals surface area contributed by atoms with Crippen LogP contribution in [0.5, 0.6) is 0 Å². The van der Waals surface area contributed by atoms with Crippen molar-refractivity contribution in [2.75, 3.05) is 19.8 Å². The van der Waals surface area contributed by atoms with E-state index < -0.39 is 17.8 Å². The normalized spacial score (nSPS) is 17.0. The van der Waals surface area contributed by atoms with Crippen molar-refractivity contribution in [3.05, 3.63) is 80.7 Å². The maximum Gasteiger partial charge on any atom is 0.363 e. The third kappa shape index (κ3) is 4.88. The summed E-state index contributed by atoms with van der Waals surface area (Å²) in [6.45, 7) is 3.15. The number of fused-ring (bicyclic) bond motifs is 2. The topological polar surface area (TPSA) is 130 Å². The van der Waals surface area contributed by atoms with Crippen molar-refractivity contribution in [1.82, 2.24) is 20.1 Å². The van der Waals surface area contributed by atoms with Crippen molar-refractivity contribution in [3.8, 4) is 0 Å². The van der Waals surface area contributed by atoms with E-state index in [4.69, 9.17) is 0 Å². The summed E-state index contributed by atoms with van der Waals surface area (Å²) >= 11 is 0. The zero-order valence-electron chi connectivity index (χ0n) is 19.9. The summed E-state index contributed by atoms with van der Waals surface area (Å²) in [4.78, 5) is 29.3. The first-order valence-corrected chi connectivity index (χ1v) is 12.0. The number of halogens is 1. The molecule has 0 saturated carbocycles. The minimum absolute atomic E-state index is 0.0227. The maximum absolute atomic E-state index is 13.5. The Bertz CT molecular complexity index is 1470. The molecule has 1 fully saturated rings. The summed E-state index contributed by atoms with van der Waals surface area (Å²) in [6.07, 6.45) is 3.17. The van der Waals surface area contributed by atoms with Crippen molar-refractivity contribution in [2.24, 2.45) is 0 Å². The molecule has 0 spiro atoms. The second-order valence-corrected chi connectivity index (χ2v) is 9.64. The first-order valence-electron chi connectivity index (χ1n) is 12.0. The fourth-order valence-corrected chi connectivity index (χ4v) is 5.23. The van der Waals surface area contributed by atoms with E-state index in [9.17, 15) is 24.3 Å². The highest BCUT2D eigenvalue weighted by Crippen LogP contribution is 2.27. The molecule has 2 aromatic carbocycles. The summed E-state index contributed by atoms with van der Waals surface area (Å²) < 4.78 is 13.5. The van der Waals surface area contributed by atoms with E-state index in [2.05, 4.69) is 15.2 Å². The average molecular weight is 494 g/mol. The Hall–Kier alpha value is -3.60. The number of benzene rings is 2. The number of carboxylic acid groups (broad SMARTS) is 1. The van der Waals surface area contributed by atoms with Gasteiger partial charge in [-0.15, -0.1) is 0 Å². The Morgan fingerprint density at radius 2 is 2.03 bits per heavy atom. The van der Waals surface area contributed by atoms with Crippen molar-refractivity contribution in [2.45, 2.75) is 38.1 Å². The number of carbonyl (C=O) groups is 1. The molecular weight excluding hydrogens is 465 g/mol. The van der Waals surface area contributed by atoms with E-state index in [1.54, 1.807) is 12.3 Å². The molecule has 9 nitrogen and oxygen atoms in total. The highest BCUT2D eigenvalue weighted by Gasteiger charge is 2.29. The zero-order valence-corrected chi connectivity index (χ0v) is 19.9. The quantitative estimate of drug-likeness (QED) is 0.292. The molecule has 1 aliphatic heterocycles. The fourth-order valence-electron chi connectivity index (χ4n) is 5.23. The molecule has 0 bridgehead atoms. The van der Waals surface area contributed by atoms with Gasteiger partial charge in [0.15, 0.2) is 6.04 Å². The van der Waals surface area contributed by atoms with Crippen LogP contribution in [-0.4, -0.2) is 57.0 Å². The van der Waals surface area contributed by atoms with E-state index in [0.29, 0.717) is 37.0 Å². The van der Waals surface area contributed by atoms with E-state index in [-0.39, 0.29) is 29.6 Å². The molecule has 4 N–H and O–H groups in total. The number of rotatable bonds is 7. The van der Waals surface area contributed by atoms with Gasteiger partial charge in [-0.2, -0.15) is 5.10 Å². The number of hydrogen-bond donors (Lipinski definition) is 4. The van der Waals surface area contributed by atoms with Gasteiger partial charge in [0.05, 0.1) is 17.2 Å². The summed E-state index contributed by atoms with van der Waals surface area (Å²) in [6, 6.07) is 8.78. The molecule has 10 heteroatoms. The lowest BCUT2D eigenvalue weighted by atomic mass is 9.89. The number of quaternary nitrogens is 1. The van der Waals surface area contributed by atoms with E-state index in [0.717, 1.165) is 27.4 Å². The molecule has 2 aromatic heterocycles. The summed E-state index contributed by atoms with van der Waals surface area (Å²) in [5.74, 6) is -1.51. The molecule has 1 unspecified atom stereocenters. The first-order chi connectivity index (χ1) is 17.3. The molecule has 188 valence electrons. The number of nitrogens with one attached hydrogen (secondary N) is 3. The summed E-state index contributed by atoms with van der Waals surface area (Å²) in [5, 5.41) is 31.1. The number of H-pyrrole nitrogens is 2. The smallest absolute Gasteiger partial charge is 0.363 e. The first kappa shape index (κ1) is 24.1. The van der Waals surface area contributed by atoms with Gasteiger partial charge in [-0.1, -0.05) is 6.07 Å². The van der Waals surface area contributed by atoms with Gasteiger partial charge in [0.1, 0.15) is 12.5 Å². The van der Waals surface area contributed by atoms with Crippen LogP contribution < -0.4 is 10.6 Å². The van der Waals surface area contributed by atoms with Gasteiger partial charge in [0.2, 0.25) is 0 Å². The Labute approximate surface area is 206 Å². The Morgan fingerprint density at radius 3 is 2.78 bits per heavy atom. The zero-order chi connectivity index (χ0) is 25.4. The van der Waals surface area contributed by atoms with Crippen LogP contribution in [0.15, 0.2) is 47.4 Å². The predicted molar refractivity (Wildman–Crippen MR) is 133 cm³/mol. The maximum atomic E-state index is 13.5. The Balaban J connectivity index is 1.23. The molecule has 1 aliphatic rings. The molecule has 1 saturated heterocycles. The van der Waals surface area contributed by atoms with E-state index >= 15 is 0 Å². The van der Waals surface area contributed by atoms with Gasteiger partial charge in [0.25, 0.3) is 5.56 Å². The molecule has 0 aliphatic carbocycles. The molecular formula is C26H28FN5O4. The molecule has 0 radical (unpaired) electrons. The number of nitrogens with zero attached hydrogens (tertiary/aromatic N) is 2. The van der Waals surface area contributed by atoms with Crippen molar-refractivity contribution >= 4 is 27.8 Å². The number of aromatic nitrogens is 3. The number of aliphatic carboxylic acids is 1. The highest BCUT2D eigenvalue weighted by atomic mass is 19.1. The Kier molecular flexibility index (Phi) is 6.57. The number of hydroxylamine groups is 2. The summed E-state index contributed by atoms with van der Waals surface area (Å²) in [7, 11) is 0. The van der Waals surface area contributed by atoms with Crippen LogP contribution in [0, 0.1) is 17.9 Å². The van der Waals surface area contributed by atoms with Crippen LogP contribution in [-0.2, 0) is 11.2 Å². The van der Waals surface area contributed by atoms with Crippen LogP contribution in [0.1, 0.15) is 35.4 Å². The fraction of sp³-hybridized carbons (Fsp3) is 0.346. The monoisotopic (exact) mass is 493 g/mol.